The van der Waals surface area contributed by atoms with Gasteiger partial charge in [-0.25, -0.2) is 14.6 Å². The van der Waals surface area contributed by atoms with Crippen molar-refractivity contribution in [3.63, 3.8) is 0 Å². The van der Waals surface area contributed by atoms with Gasteiger partial charge in [-0.15, -0.1) is 0 Å². The fraction of sp³-hybridized carbons (Fsp3) is 0.0714. The Balaban J connectivity index is 2.15. The molecular weight excluding hydrogens is 238 g/mol. The molecule has 0 amide bonds. The molecule has 0 unspecified atom stereocenters. The van der Waals surface area contributed by atoms with Gasteiger partial charge in [-0.05, 0) is 18.1 Å². The molecule has 2 heterocycles. The van der Waals surface area contributed by atoms with Crippen molar-refractivity contribution in [1.29, 1.82) is 0 Å². The summed E-state index contributed by atoms with van der Waals surface area (Å²) in [7, 11) is 1.81. The number of rotatable bonds is 0. The summed E-state index contributed by atoms with van der Waals surface area (Å²) < 4.78 is 1.66. The van der Waals surface area contributed by atoms with Gasteiger partial charge >= 0.3 is 0 Å². The predicted molar refractivity (Wildman–Crippen MR) is 73.1 cm³/mol. The smallest absolute Gasteiger partial charge is 0.164 e. The summed E-state index contributed by atoms with van der Waals surface area (Å²) in [4.78, 5) is 8.14. The summed E-state index contributed by atoms with van der Waals surface area (Å²) in [5, 5.41) is 5.03. The molecule has 0 atom stereocenters. The number of nitrogen functional groups attached to an aromatic ring is 1. The zero-order valence-electron chi connectivity index (χ0n) is 10.3. The van der Waals surface area contributed by atoms with Gasteiger partial charge < -0.3 is 5.73 Å². The second-order valence-corrected chi connectivity index (χ2v) is 4.05. The molecule has 0 aliphatic rings. The molecular formula is C14H11N5. The van der Waals surface area contributed by atoms with Crippen LogP contribution >= 0.6 is 0 Å². The Hall–Kier alpha value is -2.87. The molecule has 2 N–H and O–H groups in total. The lowest BCUT2D eigenvalue weighted by Crippen LogP contribution is -1.95. The van der Waals surface area contributed by atoms with Crippen molar-refractivity contribution >= 4 is 16.9 Å². The predicted octanol–water partition coefficient (Wildman–Crippen LogP) is 1.35. The standard InChI is InChI=1S/C14H11N5/c1-19-14-12(13(15)16-9-17-14)11(18-19)8-7-10-5-3-2-4-6-10/h2-6,9H,1H3,(H2,15,16,17). The first kappa shape index (κ1) is 11.2. The molecule has 5 nitrogen and oxygen atoms in total. The van der Waals surface area contributed by atoms with Gasteiger partial charge in [0.1, 0.15) is 17.8 Å². The van der Waals surface area contributed by atoms with Crippen LogP contribution in [0.2, 0.25) is 0 Å². The van der Waals surface area contributed by atoms with Gasteiger partial charge in [0.05, 0.1) is 5.39 Å². The van der Waals surface area contributed by atoms with E-state index < -0.39 is 0 Å². The topological polar surface area (TPSA) is 69.6 Å². The van der Waals surface area contributed by atoms with Gasteiger partial charge in [-0.3, -0.25) is 0 Å². The SMILES string of the molecule is Cn1nc(C#Cc2ccccc2)c2c(N)ncnc21. The maximum Gasteiger partial charge on any atom is 0.164 e. The molecule has 0 saturated heterocycles. The van der Waals surface area contributed by atoms with Crippen LogP contribution in [0.3, 0.4) is 0 Å². The van der Waals surface area contributed by atoms with Crippen molar-refractivity contribution in [2.24, 2.45) is 7.05 Å². The Morgan fingerprint density at radius 1 is 1.11 bits per heavy atom. The first-order valence-corrected chi connectivity index (χ1v) is 5.76. The lowest BCUT2D eigenvalue weighted by molar-refractivity contribution is 0.781. The van der Waals surface area contributed by atoms with E-state index in [1.165, 1.54) is 6.33 Å². The molecule has 0 aliphatic heterocycles. The van der Waals surface area contributed by atoms with Crippen LogP contribution in [-0.4, -0.2) is 19.7 Å². The summed E-state index contributed by atoms with van der Waals surface area (Å²) in [6.45, 7) is 0. The number of nitrogens with two attached hydrogens (primary N) is 1. The minimum Gasteiger partial charge on any atom is -0.383 e. The summed E-state index contributed by atoms with van der Waals surface area (Å²) >= 11 is 0. The Bertz CT molecular complexity index is 793. The van der Waals surface area contributed by atoms with Crippen molar-refractivity contribution < 1.29 is 0 Å². The second kappa shape index (κ2) is 4.42. The van der Waals surface area contributed by atoms with Crippen LogP contribution in [0.25, 0.3) is 11.0 Å². The third-order valence-electron chi connectivity index (χ3n) is 2.75. The van der Waals surface area contributed by atoms with Gasteiger partial charge in [0.15, 0.2) is 5.65 Å². The van der Waals surface area contributed by atoms with Crippen LogP contribution < -0.4 is 5.73 Å². The van der Waals surface area contributed by atoms with Crippen LogP contribution in [0.4, 0.5) is 5.82 Å². The molecule has 2 aromatic heterocycles. The number of anilines is 1. The van der Waals surface area contributed by atoms with Gasteiger partial charge in [-0.2, -0.15) is 5.10 Å². The maximum atomic E-state index is 5.87. The van der Waals surface area contributed by atoms with E-state index in [1.807, 2.05) is 37.4 Å². The molecule has 19 heavy (non-hydrogen) atoms. The number of benzene rings is 1. The average molecular weight is 249 g/mol. The molecule has 1 aromatic carbocycles. The van der Waals surface area contributed by atoms with Gasteiger partial charge in [0.2, 0.25) is 0 Å². The lowest BCUT2D eigenvalue weighted by Gasteiger charge is -1.93. The van der Waals surface area contributed by atoms with Gasteiger partial charge in [0, 0.05) is 12.6 Å². The van der Waals surface area contributed by atoms with E-state index in [-0.39, 0.29) is 0 Å². The summed E-state index contributed by atoms with van der Waals surface area (Å²) in [6.07, 6.45) is 1.42. The second-order valence-electron chi connectivity index (χ2n) is 4.05. The van der Waals surface area contributed by atoms with E-state index in [1.54, 1.807) is 4.68 Å². The fourth-order valence-corrected chi connectivity index (χ4v) is 1.85. The third-order valence-corrected chi connectivity index (χ3v) is 2.75. The lowest BCUT2D eigenvalue weighted by atomic mass is 10.2. The van der Waals surface area contributed by atoms with Crippen LogP contribution in [0, 0.1) is 11.8 Å². The largest absolute Gasteiger partial charge is 0.383 e. The third kappa shape index (κ3) is 2.00. The average Bonchev–Trinajstić information content (AvgIpc) is 2.76. The monoisotopic (exact) mass is 249 g/mol. The fourth-order valence-electron chi connectivity index (χ4n) is 1.85. The summed E-state index contributed by atoms with van der Waals surface area (Å²) in [6, 6.07) is 9.72. The highest BCUT2D eigenvalue weighted by Crippen LogP contribution is 2.19. The first-order valence-electron chi connectivity index (χ1n) is 5.76. The molecule has 0 saturated carbocycles. The van der Waals surface area contributed by atoms with E-state index in [2.05, 4.69) is 26.9 Å². The zero-order chi connectivity index (χ0) is 13.2. The molecule has 0 bridgehead atoms. The van der Waals surface area contributed by atoms with Crippen molar-refractivity contribution in [1.82, 2.24) is 19.7 Å². The zero-order valence-corrected chi connectivity index (χ0v) is 10.3. The number of aryl methyl sites for hydroxylation is 1. The number of fused-ring (bicyclic) bond motifs is 1. The molecule has 5 heteroatoms. The highest BCUT2D eigenvalue weighted by molar-refractivity contribution is 5.90. The van der Waals surface area contributed by atoms with Crippen molar-refractivity contribution in [3.8, 4) is 11.8 Å². The molecule has 3 aromatic rings. The van der Waals surface area contributed by atoms with E-state index >= 15 is 0 Å². The number of hydrogen-bond donors (Lipinski definition) is 1. The Morgan fingerprint density at radius 3 is 2.68 bits per heavy atom. The van der Waals surface area contributed by atoms with E-state index in [4.69, 9.17) is 5.73 Å². The van der Waals surface area contributed by atoms with Crippen LogP contribution in [-0.2, 0) is 7.05 Å². The van der Waals surface area contributed by atoms with Gasteiger partial charge in [0.25, 0.3) is 0 Å². The quantitative estimate of drug-likeness (QED) is 0.610. The van der Waals surface area contributed by atoms with Crippen molar-refractivity contribution in [3.05, 3.63) is 47.9 Å². The number of hydrogen-bond acceptors (Lipinski definition) is 4. The maximum absolute atomic E-state index is 5.87. The molecule has 92 valence electrons. The Morgan fingerprint density at radius 2 is 1.89 bits per heavy atom. The molecule has 0 radical (unpaired) electrons. The minimum atomic E-state index is 0.399. The Labute approximate surface area is 110 Å². The van der Waals surface area contributed by atoms with E-state index in [0.29, 0.717) is 22.5 Å². The van der Waals surface area contributed by atoms with Crippen LogP contribution in [0.15, 0.2) is 36.7 Å². The number of nitrogens with zero attached hydrogens (tertiary/aromatic N) is 4. The number of aromatic nitrogens is 4. The highest BCUT2D eigenvalue weighted by Gasteiger charge is 2.11. The van der Waals surface area contributed by atoms with Crippen LogP contribution in [0.1, 0.15) is 11.3 Å². The van der Waals surface area contributed by atoms with Gasteiger partial charge in [-0.1, -0.05) is 24.1 Å². The summed E-state index contributed by atoms with van der Waals surface area (Å²) in [5.74, 6) is 6.48. The molecule has 0 aliphatic carbocycles. The van der Waals surface area contributed by atoms with Crippen molar-refractivity contribution in [2.75, 3.05) is 5.73 Å². The van der Waals surface area contributed by atoms with E-state index in [9.17, 15) is 0 Å². The summed E-state index contributed by atoms with van der Waals surface area (Å²) in [5.41, 5.74) is 8.08. The normalized spacial score (nSPS) is 10.2. The van der Waals surface area contributed by atoms with Crippen molar-refractivity contribution in [2.45, 2.75) is 0 Å². The molecule has 3 rings (SSSR count). The minimum absolute atomic E-state index is 0.399. The molecule has 0 spiro atoms. The first-order chi connectivity index (χ1) is 9.25. The molecule has 0 fully saturated rings. The van der Waals surface area contributed by atoms with E-state index in [0.717, 1.165) is 5.56 Å². The Kier molecular flexibility index (Phi) is 2.62. The van der Waals surface area contributed by atoms with Crippen LogP contribution in [0.5, 0.6) is 0 Å². The highest BCUT2D eigenvalue weighted by atomic mass is 15.3.